The first-order chi connectivity index (χ1) is 8.16. The summed E-state index contributed by atoms with van der Waals surface area (Å²) in [6.45, 7) is 2.21. The third-order valence-electron chi connectivity index (χ3n) is 3.27. The highest BCUT2D eigenvalue weighted by Crippen LogP contribution is 2.32. The fraction of sp³-hybridized carbons (Fsp3) is 0.385. The van der Waals surface area contributed by atoms with E-state index in [1.807, 2.05) is 31.2 Å². The number of nitrogens with zero attached hydrogens (tertiary/aromatic N) is 2. The van der Waals surface area contributed by atoms with Crippen molar-refractivity contribution < 1.29 is 9.59 Å². The maximum Gasteiger partial charge on any atom is 0.332 e. The summed E-state index contributed by atoms with van der Waals surface area (Å²) in [7, 11) is 0. The average molecular weight is 230 g/mol. The summed E-state index contributed by atoms with van der Waals surface area (Å²) in [5.41, 5.74) is 1.79. The van der Waals surface area contributed by atoms with Crippen LogP contribution in [0.1, 0.15) is 18.4 Å². The summed E-state index contributed by atoms with van der Waals surface area (Å²) < 4.78 is 0. The Balaban J connectivity index is 1.89. The molecular weight excluding hydrogens is 216 g/mol. The van der Waals surface area contributed by atoms with Gasteiger partial charge in [-0.25, -0.2) is 9.69 Å². The van der Waals surface area contributed by atoms with Gasteiger partial charge in [-0.1, -0.05) is 17.7 Å². The van der Waals surface area contributed by atoms with Crippen molar-refractivity contribution in [3.8, 4) is 0 Å². The largest absolute Gasteiger partial charge is 0.332 e. The lowest BCUT2D eigenvalue weighted by Gasteiger charge is -2.16. The van der Waals surface area contributed by atoms with Gasteiger partial charge in [-0.15, -0.1) is 0 Å². The SMILES string of the molecule is Cc1ccc(N2C(=O)CN(C3CC3)C2=O)cc1. The number of imide groups is 1. The highest BCUT2D eigenvalue weighted by atomic mass is 16.2. The van der Waals surface area contributed by atoms with Crippen molar-refractivity contribution in [2.45, 2.75) is 25.8 Å². The summed E-state index contributed by atoms with van der Waals surface area (Å²) in [5, 5.41) is 0. The molecule has 4 nitrogen and oxygen atoms in total. The first kappa shape index (κ1) is 10.3. The average Bonchev–Trinajstić information content (AvgIpc) is 3.09. The van der Waals surface area contributed by atoms with Gasteiger partial charge in [0, 0.05) is 6.04 Å². The third kappa shape index (κ3) is 1.69. The Hall–Kier alpha value is -1.84. The van der Waals surface area contributed by atoms with E-state index in [1.165, 1.54) is 4.90 Å². The normalized spacial score (nSPS) is 20.3. The molecule has 0 spiro atoms. The summed E-state index contributed by atoms with van der Waals surface area (Å²) in [5.74, 6) is -0.120. The van der Waals surface area contributed by atoms with E-state index in [9.17, 15) is 9.59 Å². The maximum atomic E-state index is 12.1. The summed E-state index contributed by atoms with van der Waals surface area (Å²) in [6.07, 6.45) is 2.06. The van der Waals surface area contributed by atoms with Crippen molar-refractivity contribution >= 4 is 17.6 Å². The van der Waals surface area contributed by atoms with Crippen molar-refractivity contribution in [1.29, 1.82) is 0 Å². The molecule has 4 heteroatoms. The second-order valence-electron chi connectivity index (χ2n) is 4.71. The molecule has 1 saturated carbocycles. The van der Waals surface area contributed by atoms with E-state index in [1.54, 1.807) is 4.90 Å². The zero-order chi connectivity index (χ0) is 12.0. The molecule has 2 fully saturated rings. The smallest absolute Gasteiger partial charge is 0.312 e. The molecule has 1 aliphatic heterocycles. The number of rotatable bonds is 2. The molecule has 1 aromatic rings. The van der Waals surface area contributed by atoms with Crippen LogP contribution in [-0.2, 0) is 4.79 Å². The Morgan fingerprint density at radius 2 is 1.76 bits per heavy atom. The lowest BCUT2D eigenvalue weighted by atomic mass is 10.2. The molecule has 0 bridgehead atoms. The van der Waals surface area contributed by atoms with Crippen LogP contribution in [0.5, 0.6) is 0 Å². The predicted molar refractivity (Wildman–Crippen MR) is 63.8 cm³/mol. The molecule has 3 amide bonds. The highest BCUT2D eigenvalue weighted by Gasteiger charge is 2.44. The monoisotopic (exact) mass is 230 g/mol. The van der Waals surface area contributed by atoms with Gasteiger partial charge in [-0.05, 0) is 31.9 Å². The molecule has 1 aliphatic carbocycles. The Kier molecular flexibility index (Phi) is 2.18. The lowest BCUT2D eigenvalue weighted by molar-refractivity contribution is -0.116. The van der Waals surface area contributed by atoms with E-state index in [2.05, 4.69) is 0 Å². The number of hydrogen-bond donors (Lipinski definition) is 0. The van der Waals surface area contributed by atoms with Crippen molar-refractivity contribution in [2.24, 2.45) is 0 Å². The molecule has 0 N–H and O–H groups in total. The number of urea groups is 1. The van der Waals surface area contributed by atoms with Crippen molar-refractivity contribution in [3.63, 3.8) is 0 Å². The molecule has 1 heterocycles. The van der Waals surface area contributed by atoms with Crippen LogP contribution in [0.4, 0.5) is 10.5 Å². The van der Waals surface area contributed by atoms with Crippen LogP contribution in [0, 0.1) is 6.92 Å². The number of benzene rings is 1. The van der Waals surface area contributed by atoms with Gasteiger partial charge >= 0.3 is 6.03 Å². The minimum Gasteiger partial charge on any atom is -0.312 e. The molecule has 0 unspecified atom stereocenters. The van der Waals surface area contributed by atoms with Gasteiger partial charge in [0.1, 0.15) is 6.54 Å². The minimum atomic E-state index is -0.165. The lowest BCUT2D eigenvalue weighted by Crippen LogP contribution is -2.34. The van der Waals surface area contributed by atoms with E-state index in [-0.39, 0.29) is 18.5 Å². The number of aryl methyl sites for hydroxylation is 1. The van der Waals surface area contributed by atoms with Gasteiger partial charge in [-0.2, -0.15) is 0 Å². The first-order valence-electron chi connectivity index (χ1n) is 5.87. The third-order valence-corrected chi connectivity index (χ3v) is 3.27. The Labute approximate surface area is 99.8 Å². The molecule has 0 aromatic heterocycles. The number of carbonyl (C=O) groups is 2. The quantitative estimate of drug-likeness (QED) is 0.728. The van der Waals surface area contributed by atoms with Crippen LogP contribution in [-0.4, -0.2) is 29.4 Å². The van der Waals surface area contributed by atoms with Crippen LogP contribution in [0.15, 0.2) is 24.3 Å². The van der Waals surface area contributed by atoms with Crippen LogP contribution >= 0.6 is 0 Å². The Morgan fingerprint density at radius 3 is 2.35 bits per heavy atom. The van der Waals surface area contributed by atoms with Crippen LogP contribution in [0.25, 0.3) is 0 Å². The topological polar surface area (TPSA) is 40.6 Å². The van der Waals surface area contributed by atoms with E-state index >= 15 is 0 Å². The van der Waals surface area contributed by atoms with Gasteiger partial charge < -0.3 is 4.90 Å². The fourth-order valence-electron chi connectivity index (χ4n) is 2.14. The van der Waals surface area contributed by atoms with Crippen molar-refractivity contribution in [3.05, 3.63) is 29.8 Å². The van der Waals surface area contributed by atoms with Gasteiger partial charge in [0.25, 0.3) is 5.91 Å². The van der Waals surface area contributed by atoms with Gasteiger partial charge in [0.05, 0.1) is 5.69 Å². The number of amides is 3. The zero-order valence-corrected chi connectivity index (χ0v) is 9.72. The van der Waals surface area contributed by atoms with Crippen molar-refractivity contribution in [1.82, 2.24) is 4.90 Å². The van der Waals surface area contributed by atoms with E-state index in [4.69, 9.17) is 0 Å². The summed E-state index contributed by atoms with van der Waals surface area (Å²) in [4.78, 5) is 27.0. The second-order valence-corrected chi connectivity index (χ2v) is 4.71. The molecule has 88 valence electrons. The Bertz CT molecular complexity index is 477. The minimum absolute atomic E-state index is 0.120. The molecule has 0 atom stereocenters. The van der Waals surface area contributed by atoms with Crippen LogP contribution in [0.3, 0.4) is 0 Å². The van der Waals surface area contributed by atoms with E-state index < -0.39 is 0 Å². The standard InChI is InChI=1S/C13H14N2O2/c1-9-2-4-11(5-3-9)15-12(16)8-14(13(15)17)10-6-7-10/h2-5,10H,6-8H2,1H3. The highest BCUT2D eigenvalue weighted by molar-refractivity contribution is 6.19. The van der Waals surface area contributed by atoms with Gasteiger partial charge in [0.15, 0.2) is 0 Å². The molecular formula is C13H14N2O2. The Morgan fingerprint density at radius 1 is 1.12 bits per heavy atom. The maximum absolute atomic E-state index is 12.1. The van der Waals surface area contributed by atoms with Crippen molar-refractivity contribution in [2.75, 3.05) is 11.4 Å². The predicted octanol–water partition coefficient (Wildman–Crippen LogP) is 1.93. The number of hydrogen-bond acceptors (Lipinski definition) is 2. The van der Waals surface area contributed by atoms with Gasteiger partial charge in [-0.3, -0.25) is 4.79 Å². The molecule has 17 heavy (non-hydrogen) atoms. The molecule has 0 radical (unpaired) electrons. The summed E-state index contributed by atoms with van der Waals surface area (Å²) >= 11 is 0. The number of carbonyl (C=O) groups excluding carboxylic acids is 2. The van der Waals surface area contributed by atoms with Crippen LogP contribution < -0.4 is 4.90 Å². The first-order valence-corrected chi connectivity index (χ1v) is 5.87. The van der Waals surface area contributed by atoms with Crippen LogP contribution in [0.2, 0.25) is 0 Å². The summed E-state index contributed by atoms with van der Waals surface area (Å²) in [6, 6.07) is 7.59. The second kappa shape index (κ2) is 3.58. The fourth-order valence-corrected chi connectivity index (χ4v) is 2.14. The molecule has 1 saturated heterocycles. The van der Waals surface area contributed by atoms with E-state index in [0.717, 1.165) is 18.4 Å². The zero-order valence-electron chi connectivity index (χ0n) is 9.72. The van der Waals surface area contributed by atoms with Gasteiger partial charge in [0.2, 0.25) is 0 Å². The molecule has 1 aromatic carbocycles. The molecule has 2 aliphatic rings. The number of anilines is 1. The molecule has 3 rings (SSSR count). The van der Waals surface area contributed by atoms with E-state index in [0.29, 0.717) is 11.7 Å².